The minimum Gasteiger partial charge on any atom is -0.386 e. The third-order valence-electron chi connectivity index (χ3n) is 3.53. The van der Waals surface area contributed by atoms with Gasteiger partial charge in [-0.25, -0.2) is 0 Å². The summed E-state index contributed by atoms with van der Waals surface area (Å²) in [6, 6.07) is 8.16. The Bertz CT molecular complexity index is 480. The van der Waals surface area contributed by atoms with Crippen LogP contribution in [0.25, 0.3) is 0 Å². The summed E-state index contributed by atoms with van der Waals surface area (Å²) >= 11 is 1.79. The predicted molar refractivity (Wildman–Crippen MR) is 102 cm³/mol. The number of hydrogen-bond donors (Lipinski definition) is 3. The number of nitrogens with zero attached hydrogens (tertiary/aromatic N) is 1. The Hall–Kier alpha value is -1.20. The summed E-state index contributed by atoms with van der Waals surface area (Å²) in [5, 5.41) is 16.8. The Morgan fingerprint density at radius 2 is 1.87 bits per heavy atom. The van der Waals surface area contributed by atoms with Crippen LogP contribution in [0.5, 0.6) is 0 Å². The molecule has 0 radical (unpaired) electrons. The van der Waals surface area contributed by atoms with Gasteiger partial charge >= 0.3 is 0 Å². The standard InChI is InChI=1S/C18H31N3OS/c1-6-19-17(20-11-12-23-5)21-13-16(22)14-7-9-15(10-8-14)18(2,3)4/h7-10,16,22H,6,11-13H2,1-5H3,(H2,19,20,21). The molecule has 4 nitrogen and oxygen atoms in total. The average molecular weight is 338 g/mol. The van der Waals surface area contributed by atoms with Gasteiger partial charge < -0.3 is 15.7 Å². The number of guanidine groups is 1. The quantitative estimate of drug-likeness (QED) is 0.407. The minimum absolute atomic E-state index is 0.126. The van der Waals surface area contributed by atoms with Crippen molar-refractivity contribution in [3.05, 3.63) is 35.4 Å². The van der Waals surface area contributed by atoms with E-state index in [1.54, 1.807) is 11.8 Å². The van der Waals surface area contributed by atoms with Crippen LogP contribution in [0, 0.1) is 0 Å². The lowest BCUT2D eigenvalue weighted by atomic mass is 9.86. The fraction of sp³-hybridized carbons (Fsp3) is 0.611. The number of rotatable bonds is 7. The van der Waals surface area contributed by atoms with E-state index in [1.165, 1.54) is 5.56 Å². The molecule has 0 heterocycles. The van der Waals surface area contributed by atoms with Gasteiger partial charge in [0.05, 0.1) is 12.6 Å². The maximum atomic E-state index is 10.3. The van der Waals surface area contributed by atoms with Gasteiger partial charge in [0.2, 0.25) is 0 Å². The summed E-state index contributed by atoms with van der Waals surface area (Å²) in [4.78, 5) is 4.47. The number of aliphatic imine (C=N–C) groups is 1. The summed E-state index contributed by atoms with van der Waals surface area (Å²) < 4.78 is 0. The molecule has 0 aliphatic heterocycles. The van der Waals surface area contributed by atoms with Crippen molar-refractivity contribution in [3.63, 3.8) is 0 Å². The molecule has 5 heteroatoms. The van der Waals surface area contributed by atoms with Crippen LogP contribution in [0.4, 0.5) is 0 Å². The Kier molecular flexibility index (Phi) is 8.48. The van der Waals surface area contributed by atoms with Gasteiger partial charge in [0.25, 0.3) is 0 Å². The van der Waals surface area contributed by atoms with E-state index < -0.39 is 6.10 Å². The van der Waals surface area contributed by atoms with Gasteiger partial charge in [-0.1, -0.05) is 45.0 Å². The molecule has 1 aromatic rings. The monoisotopic (exact) mass is 337 g/mol. The zero-order chi connectivity index (χ0) is 17.3. The van der Waals surface area contributed by atoms with Crippen LogP contribution in [0.1, 0.15) is 44.9 Å². The maximum absolute atomic E-state index is 10.3. The van der Waals surface area contributed by atoms with Crippen LogP contribution in [0.3, 0.4) is 0 Å². The van der Waals surface area contributed by atoms with Gasteiger partial charge in [-0.15, -0.1) is 0 Å². The van der Waals surface area contributed by atoms with E-state index in [4.69, 9.17) is 0 Å². The molecule has 0 aliphatic rings. The van der Waals surface area contributed by atoms with Crippen LogP contribution >= 0.6 is 11.8 Å². The smallest absolute Gasteiger partial charge is 0.191 e. The molecule has 1 rings (SSSR count). The third kappa shape index (κ3) is 7.27. The van der Waals surface area contributed by atoms with Crippen molar-refractivity contribution in [2.45, 2.75) is 39.2 Å². The molecule has 0 saturated heterocycles. The van der Waals surface area contributed by atoms with E-state index in [0.717, 1.165) is 30.4 Å². The normalized spacial score (nSPS) is 13.7. The summed E-state index contributed by atoms with van der Waals surface area (Å²) in [6.45, 7) is 10.6. The first-order valence-corrected chi connectivity index (χ1v) is 9.57. The van der Waals surface area contributed by atoms with Crippen molar-refractivity contribution in [1.29, 1.82) is 0 Å². The molecule has 0 bridgehead atoms. The number of hydrogen-bond acceptors (Lipinski definition) is 3. The van der Waals surface area contributed by atoms with E-state index in [0.29, 0.717) is 6.54 Å². The molecular formula is C18H31N3OS. The van der Waals surface area contributed by atoms with Crippen molar-refractivity contribution in [2.75, 3.05) is 31.6 Å². The maximum Gasteiger partial charge on any atom is 0.191 e. The first-order valence-electron chi connectivity index (χ1n) is 8.18. The Labute approximate surface area is 145 Å². The number of benzene rings is 1. The molecule has 0 spiro atoms. The molecule has 130 valence electrons. The first-order chi connectivity index (χ1) is 10.9. The number of aliphatic hydroxyl groups is 1. The molecule has 1 aromatic carbocycles. The molecule has 1 atom stereocenters. The van der Waals surface area contributed by atoms with E-state index in [-0.39, 0.29) is 5.41 Å². The number of aliphatic hydroxyl groups excluding tert-OH is 1. The van der Waals surface area contributed by atoms with Gasteiger partial charge in [0.1, 0.15) is 0 Å². The summed E-state index contributed by atoms with van der Waals surface area (Å²) in [5.41, 5.74) is 2.30. The molecule has 0 saturated carbocycles. The summed E-state index contributed by atoms with van der Waals surface area (Å²) in [5.74, 6) is 1.79. The zero-order valence-corrected chi connectivity index (χ0v) is 15.8. The topological polar surface area (TPSA) is 56.7 Å². The van der Waals surface area contributed by atoms with Gasteiger partial charge in [-0.3, -0.25) is 4.99 Å². The van der Waals surface area contributed by atoms with Crippen molar-refractivity contribution >= 4 is 17.7 Å². The predicted octanol–water partition coefficient (Wildman–Crippen LogP) is 2.94. The highest BCUT2D eigenvalue weighted by Gasteiger charge is 2.14. The van der Waals surface area contributed by atoms with Crippen LogP contribution < -0.4 is 10.6 Å². The highest BCUT2D eigenvalue weighted by Crippen LogP contribution is 2.24. The summed E-state index contributed by atoms with van der Waals surface area (Å²) in [6.07, 6.45) is 1.50. The van der Waals surface area contributed by atoms with E-state index in [1.807, 2.05) is 19.1 Å². The zero-order valence-electron chi connectivity index (χ0n) is 15.0. The van der Waals surface area contributed by atoms with Gasteiger partial charge in [0, 0.05) is 18.8 Å². The van der Waals surface area contributed by atoms with E-state index >= 15 is 0 Å². The second-order valence-electron chi connectivity index (χ2n) is 6.53. The molecule has 0 aromatic heterocycles. The summed E-state index contributed by atoms with van der Waals surface area (Å²) in [7, 11) is 0. The molecule has 23 heavy (non-hydrogen) atoms. The van der Waals surface area contributed by atoms with Crippen molar-refractivity contribution < 1.29 is 5.11 Å². The Morgan fingerprint density at radius 3 is 2.39 bits per heavy atom. The largest absolute Gasteiger partial charge is 0.386 e. The molecular weight excluding hydrogens is 306 g/mol. The van der Waals surface area contributed by atoms with Gasteiger partial charge in [-0.2, -0.15) is 11.8 Å². The van der Waals surface area contributed by atoms with Gasteiger partial charge in [-0.05, 0) is 29.7 Å². The number of thioether (sulfide) groups is 1. The highest BCUT2D eigenvalue weighted by molar-refractivity contribution is 7.98. The third-order valence-corrected chi connectivity index (χ3v) is 4.14. The Morgan fingerprint density at radius 1 is 1.22 bits per heavy atom. The lowest BCUT2D eigenvalue weighted by molar-refractivity contribution is 0.187. The average Bonchev–Trinajstić information content (AvgIpc) is 2.51. The molecule has 0 fully saturated rings. The van der Waals surface area contributed by atoms with Crippen LogP contribution in [0.2, 0.25) is 0 Å². The SMILES string of the molecule is CCNC(=NCC(O)c1ccc(C(C)(C)C)cc1)NCCSC. The second kappa shape index (κ2) is 9.83. The molecule has 1 unspecified atom stereocenters. The fourth-order valence-corrected chi connectivity index (χ4v) is 2.41. The van der Waals surface area contributed by atoms with E-state index in [2.05, 4.69) is 54.8 Å². The fourth-order valence-electron chi connectivity index (χ4n) is 2.10. The van der Waals surface area contributed by atoms with Crippen LogP contribution in [-0.4, -0.2) is 42.7 Å². The highest BCUT2D eigenvalue weighted by atomic mass is 32.2. The van der Waals surface area contributed by atoms with Crippen molar-refractivity contribution in [1.82, 2.24) is 10.6 Å². The molecule has 3 N–H and O–H groups in total. The van der Waals surface area contributed by atoms with E-state index in [9.17, 15) is 5.11 Å². The Balaban J connectivity index is 2.65. The lowest BCUT2D eigenvalue weighted by Gasteiger charge is -2.20. The molecule has 0 amide bonds. The van der Waals surface area contributed by atoms with Crippen LogP contribution in [-0.2, 0) is 5.41 Å². The van der Waals surface area contributed by atoms with Crippen molar-refractivity contribution in [2.24, 2.45) is 4.99 Å². The minimum atomic E-state index is -0.583. The first kappa shape index (κ1) is 19.8. The van der Waals surface area contributed by atoms with Crippen molar-refractivity contribution in [3.8, 4) is 0 Å². The van der Waals surface area contributed by atoms with Crippen LogP contribution in [0.15, 0.2) is 29.3 Å². The van der Waals surface area contributed by atoms with Gasteiger partial charge in [0.15, 0.2) is 5.96 Å². The lowest BCUT2D eigenvalue weighted by Crippen LogP contribution is -2.38. The second-order valence-corrected chi connectivity index (χ2v) is 7.51. The number of nitrogens with one attached hydrogen (secondary N) is 2. The molecule has 0 aliphatic carbocycles.